The molecule has 106 valence electrons. The molecule has 0 atom stereocenters. The number of carboxylic acids is 1. The summed E-state index contributed by atoms with van der Waals surface area (Å²) in [5.74, 6) is -0.766. The molecule has 2 aromatic rings. The quantitative estimate of drug-likeness (QED) is 0.767. The summed E-state index contributed by atoms with van der Waals surface area (Å²) in [5, 5.41) is 18.4. The third kappa shape index (κ3) is 3.86. The van der Waals surface area contributed by atoms with Gasteiger partial charge in [0.15, 0.2) is 0 Å². The van der Waals surface area contributed by atoms with Gasteiger partial charge in [0, 0.05) is 14.2 Å². The Morgan fingerprint density at radius 1 is 1.33 bits per heavy atom. The Morgan fingerprint density at radius 2 is 2.10 bits per heavy atom. The number of hydrogen-bond acceptors (Lipinski definition) is 3. The Hall–Kier alpha value is -1.78. The summed E-state index contributed by atoms with van der Waals surface area (Å²) in [4.78, 5) is 11.2. The SMILES string of the molecule is N#Cc1ccc(COc2ccc(I)cc2C(=O)O)c(Cl)c1. The van der Waals surface area contributed by atoms with Gasteiger partial charge in [0.05, 0.1) is 11.6 Å². The zero-order valence-corrected chi connectivity index (χ0v) is 13.6. The molecule has 1 N–H and O–H groups in total. The summed E-state index contributed by atoms with van der Waals surface area (Å²) < 4.78 is 6.36. The van der Waals surface area contributed by atoms with Crippen molar-refractivity contribution in [2.45, 2.75) is 6.61 Å². The number of carboxylic acid groups (broad SMARTS) is 1. The number of halogens is 2. The summed E-state index contributed by atoms with van der Waals surface area (Å²) in [7, 11) is 0. The topological polar surface area (TPSA) is 70.3 Å². The molecule has 0 saturated heterocycles. The average molecular weight is 414 g/mol. The first-order chi connectivity index (χ1) is 10.0. The van der Waals surface area contributed by atoms with Crippen molar-refractivity contribution in [2.24, 2.45) is 0 Å². The van der Waals surface area contributed by atoms with E-state index in [1.54, 1.807) is 36.4 Å². The summed E-state index contributed by atoms with van der Waals surface area (Å²) in [5.41, 5.74) is 1.25. The summed E-state index contributed by atoms with van der Waals surface area (Å²) in [6, 6.07) is 11.8. The molecule has 0 aliphatic heterocycles. The molecule has 0 saturated carbocycles. The van der Waals surface area contributed by atoms with E-state index in [0.717, 1.165) is 3.57 Å². The first-order valence-electron chi connectivity index (χ1n) is 5.85. The maximum Gasteiger partial charge on any atom is 0.339 e. The molecule has 0 aliphatic rings. The molecular formula is C15H9ClINO3. The van der Waals surface area contributed by atoms with E-state index in [2.05, 4.69) is 0 Å². The molecule has 2 rings (SSSR count). The number of aromatic carboxylic acids is 1. The molecule has 0 radical (unpaired) electrons. The zero-order valence-electron chi connectivity index (χ0n) is 10.6. The molecule has 0 fully saturated rings. The summed E-state index contributed by atoms with van der Waals surface area (Å²) >= 11 is 8.09. The predicted molar refractivity (Wildman–Crippen MR) is 86.6 cm³/mol. The first kappa shape index (κ1) is 15.6. The number of ether oxygens (including phenoxy) is 1. The average Bonchev–Trinajstić information content (AvgIpc) is 2.46. The highest BCUT2D eigenvalue weighted by atomic mass is 127. The van der Waals surface area contributed by atoms with Crippen LogP contribution in [-0.4, -0.2) is 11.1 Å². The van der Waals surface area contributed by atoms with E-state index in [1.165, 1.54) is 0 Å². The predicted octanol–water partition coefficient (Wildman–Crippen LogP) is 4.09. The van der Waals surface area contributed by atoms with E-state index in [4.69, 9.17) is 26.7 Å². The summed E-state index contributed by atoms with van der Waals surface area (Å²) in [6.07, 6.45) is 0. The highest BCUT2D eigenvalue weighted by Crippen LogP contribution is 2.24. The van der Waals surface area contributed by atoms with Gasteiger partial charge in [-0.05, 0) is 52.9 Å². The molecule has 0 aliphatic carbocycles. The van der Waals surface area contributed by atoms with Crippen LogP contribution < -0.4 is 4.74 Å². The second-order valence-corrected chi connectivity index (χ2v) is 5.81. The van der Waals surface area contributed by atoms with Crippen molar-refractivity contribution < 1.29 is 14.6 Å². The maximum absolute atomic E-state index is 11.2. The van der Waals surface area contributed by atoms with Crippen LogP contribution >= 0.6 is 34.2 Å². The van der Waals surface area contributed by atoms with Crippen LogP contribution in [0.3, 0.4) is 0 Å². The van der Waals surface area contributed by atoms with Crippen molar-refractivity contribution in [3.05, 3.63) is 61.7 Å². The first-order valence-corrected chi connectivity index (χ1v) is 7.31. The van der Waals surface area contributed by atoms with Gasteiger partial charge in [-0.1, -0.05) is 17.7 Å². The van der Waals surface area contributed by atoms with Crippen LogP contribution in [0.5, 0.6) is 5.75 Å². The number of benzene rings is 2. The van der Waals surface area contributed by atoms with Crippen LogP contribution in [0, 0.1) is 14.9 Å². The number of hydrogen-bond donors (Lipinski definition) is 1. The minimum absolute atomic E-state index is 0.103. The van der Waals surface area contributed by atoms with Gasteiger partial charge in [-0.25, -0.2) is 4.79 Å². The molecule has 4 nitrogen and oxygen atoms in total. The fourth-order valence-electron chi connectivity index (χ4n) is 1.68. The van der Waals surface area contributed by atoms with E-state index in [1.807, 2.05) is 28.7 Å². The van der Waals surface area contributed by atoms with E-state index in [-0.39, 0.29) is 17.9 Å². The lowest BCUT2D eigenvalue weighted by molar-refractivity contribution is 0.0691. The Kier molecular flexibility index (Phi) is 5.04. The lowest BCUT2D eigenvalue weighted by atomic mass is 10.1. The van der Waals surface area contributed by atoms with Crippen LogP contribution in [0.4, 0.5) is 0 Å². The zero-order chi connectivity index (χ0) is 15.4. The minimum Gasteiger partial charge on any atom is -0.488 e. The molecule has 2 aromatic carbocycles. The Bertz CT molecular complexity index is 740. The molecule has 0 amide bonds. The maximum atomic E-state index is 11.2. The van der Waals surface area contributed by atoms with Crippen LogP contribution in [0.15, 0.2) is 36.4 Å². The molecule has 21 heavy (non-hydrogen) atoms. The van der Waals surface area contributed by atoms with E-state index in [0.29, 0.717) is 16.1 Å². The molecular weight excluding hydrogens is 405 g/mol. The van der Waals surface area contributed by atoms with Gasteiger partial charge in [0.1, 0.15) is 17.9 Å². The fourth-order valence-corrected chi connectivity index (χ4v) is 2.41. The third-order valence-electron chi connectivity index (χ3n) is 2.74. The second-order valence-electron chi connectivity index (χ2n) is 4.15. The standard InChI is InChI=1S/C15H9ClINO3/c16-13-5-9(7-18)1-2-10(13)8-21-14-4-3-11(17)6-12(14)15(19)20/h1-6H,8H2,(H,19,20). The van der Waals surface area contributed by atoms with Gasteiger partial charge in [-0.3, -0.25) is 0 Å². The van der Waals surface area contributed by atoms with Crippen LogP contribution in [0.1, 0.15) is 21.5 Å². The lowest BCUT2D eigenvalue weighted by Gasteiger charge is -2.10. The molecule has 6 heteroatoms. The largest absolute Gasteiger partial charge is 0.488 e. The summed E-state index contributed by atoms with van der Waals surface area (Å²) in [6.45, 7) is 0.130. The highest BCUT2D eigenvalue weighted by Gasteiger charge is 2.12. The van der Waals surface area contributed by atoms with Crippen LogP contribution in [-0.2, 0) is 6.61 Å². The number of nitrogens with zero attached hydrogens (tertiary/aromatic N) is 1. The van der Waals surface area contributed by atoms with Crippen molar-refractivity contribution in [3.8, 4) is 11.8 Å². The minimum atomic E-state index is -1.05. The number of rotatable bonds is 4. The van der Waals surface area contributed by atoms with E-state index < -0.39 is 5.97 Å². The Morgan fingerprint density at radius 3 is 2.71 bits per heavy atom. The van der Waals surface area contributed by atoms with Crippen molar-refractivity contribution in [1.29, 1.82) is 5.26 Å². The van der Waals surface area contributed by atoms with E-state index in [9.17, 15) is 4.79 Å². The second kappa shape index (κ2) is 6.78. The van der Waals surface area contributed by atoms with Crippen LogP contribution in [0.2, 0.25) is 5.02 Å². The highest BCUT2D eigenvalue weighted by molar-refractivity contribution is 14.1. The van der Waals surface area contributed by atoms with Crippen molar-refractivity contribution in [2.75, 3.05) is 0 Å². The van der Waals surface area contributed by atoms with E-state index >= 15 is 0 Å². The normalized spacial score (nSPS) is 9.95. The monoisotopic (exact) mass is 413 g/mol. The molecule has 0 spiro atoms. The molecule has 0 bridgehead atoms. The van der Waals surface area contributed by atoms with Gasteiger partial charge in [0.2, 0.25) is 0 Å². The Labute approximate surface area is 140 Å². The Balaban J connectivity index is 2.21. The fraction of sp³-hybridized carbons (Fsp3) is 0.0667. The van der Waals surface area contributed by atoms with Gasteiger partial charge >= 0.3 is 5.97 Å². The van der Waals surface area contributed by atoms with Crippen molar-refractivity contribution >= 4 is 40.2 Å². The van der Waals surface area contributed by atoms with Gasteiger partial charge < -0.3 is 9.84 Å². The lowest BCUT2D eigenvalue weighted by Crippen LogP contribution is -2.04. The van der Waals surface area contributed by atoms with Gasteiger partial charge in [-0.2, -0.15) is 5.26 Å². The van der Waals surface area contributed by atoms with Crippen LogP contribution in [0.25, 0.3) is 0 Å². The third-order valence-corrected chi connectivity index (χ3v) is 3.76. The number of nitriles is 1. The molecule has 0 unspecified atom stereocenters. The van der Waals surface area contributed by atoms with Gasteiger partial charge in [0.25, 0.3) is 0 Å². The molecule has 0 heterocycles. The van der Waals surface area contributed by atoms with Crippen molar-refractivity contribution in [1.82, 2.24) is 0 Å². The number of carbonyl (C=O) groups is 1. The van der Waals surface area contributed by atoms with Gasteiger partial charge in [-0.15, -0.1) is 0 Å². The smallest absolute Gasteiger partial charge is 0.339 e. The van der Waals surface area contributed by atoms with Crippen molar-refractivity contribution in [3.63, 3.8) is 0 Å². The molecule has 0 aromatic heterocycles.